The van der Waals surface area contributed by atoms with Gasteiger partial charge in [0.1, 0.15) is 5.54 Å². The smallest absolute Gasteiger partial charge is 0.402 e. The van der Waals surface area contributed by atoms with Gasteiger partial charge in [-0.2, -0.15) is 13.2 Å². The second kappa shape index (κ2) is 8.30. The Morgan fingerprint density at radius 3 is 2.26 bits per heavy atom. The number of alkyl halides is 3. The summed E-state index contributed by atoms with van der Waals surface area (Å²) < 4.78 is 38.7. The molecule has 0 fully saturated rings. The third-order valence-electron chi connectivity index (χ3n) is 3.99. The molecular weight excluding hydrogens is 355 g/mol. The Labute approximate surface area is 157 Å². The van der Waals surface area contributed by atoms with Crippen molar-refractivity contribution in [3.8, 4) is 11.8 Å². The summed E-state index contributed by atoms with van der Waals surface area (Å²) in [5.74, 6) is 4.68. The van der Waals surface area contributed by atoms with Gasteiger partial charge in [-0.05, 0) is 65.3 Å². The number of amides is 1. The van der Waals surface area contributed by atoms with Gasteiger partial charge >= 0.3 is 6.18 Å². The quantitative estimate of drug-likeness (QED) is 0.597. The lowest BCUT2D eigenvalue weighted by Gasteiger charge is -2.21. The summed E-state index contributed by atoms with van der Waals surface area (Å²) in [6, 6.07) is 3.02. The average molecular weight is 379 g/mol. The molecule has 0 aliphatic heterocycles. The molecule has 1 aromatic rings. The minimum Gasteiger partial charge on any atom is -0.402 e. The second-order valence-corrected chi connectivity index (χ2v) is 6.65. The van der Waals surface area contributed by atoms with Gasteiger partial charge < -0.3 is 11.1 Å². The minimum absolute atomic E-state index is 0.0889. The highest BCUT2D eigenvalue weighted by Gasteiger charge is 2.32. The number of carbonyl (C=O) groups is 1. The Morgan fingerprint density at radius 1 is 1.19 bits per heavy atom. The highest BCUT2D eigenvalue weighted by Crippen LogP contribution is 2.32. The Bertz CT molecular complexity index is 849. The van der Waals surface area contributed by atoms with E-state index in [1.807, 2.05) is 0 Å². The predicted molar refractivity (Wildman–Crippen MR) is 102 cm³/mol. The zero-order valence-corrected chi connectivity index (χ0v) is 16.3. The average Bonchev–Trinajstić information content (AvgIpc) is 2.54. The molecule has 1 aromatic carbocycles. The summed E-state index contributed by atoms with van der Waals surface area (Å²) in [4.78, 5) is 17.1. The van der Waals surface area contributed by atoms with Gasteiger partial charge in [0, 0.05) is 17.0 Å². The van der Waals surface area contributed by atoms with E-state index in [0.29, 0.717) is 11.4 Å². The van der Waals surface area contributed by atoms with Crippen LogP contribution in [0.25, 0.3) is 0 Å². The molecule has 1 rings (SSSR count). The first-order valence-electron chi connectivity index (χ1n) is 8.24. The van der Waals surface area contributed by atoms with Crippen molar-refractivity contribution < 1.29 is 18.0 Å². The molecule has 27 heavy (non-hydrogen) atoms. The molecule has 0 bridgehead atoms. The van der Waals surface area contributed by atoms with Crippen molar-refractivity contribution in [1.82, 2.24) is 0 Å². The normalized spacial score (nSPS) is 13.4. The van der Waals surface area contributed by atoms with E-state index in [1.165, 1.54) is 13.0 Å². The summed E-state index contributed by atoms with van der Waals surface area (Å²) >= 11 is 0. The number of hydrogen-bond donors (Lipinski definition) is 2. The second-order valence-electron chi connectivity index (χ2n) is 6.65. The van der Waals surface area contributed by atoms with E-state index in [1.54, 1.807) is 34.6 Å². The van der Waals surface area contributed by atoms with Crippen LogP contribution in [0.2, 0.25) is 0 Å². The van der Waals surface area contributed by atoms with Gasteiger partial charge in [-0.1, -0.05) is 5.92 Å². The van der Waals surface area contributed by atoms with Crippen molar-refractivity contribution in [3.63, 3.8) is 0 Å². The van der Waals surface area contributed by atoms with Crippen molar-refractivity contribution in [2.24, 2.45) is 10.7 Å². The van der Waals surface area contributed by atoms with Gasteiger partial charge in [-0.15, -0.1) is 5.92 Å². The highest BCUT2D eigenvalue weighted by atomic mass is 19.4. The lowest BCUT2D eigenvalue weighted by atomic mass is 10.0. The fourth-order valence-electron chi connectivity index (χ4n) is 2.18. The number of hydrogen-bond acceptors (Lipinski definition) is 3. The molecule has 3 N–H and O–H groups in total. The lowest BCUT2D eigenvalue weighted by Crippen LogP contribution is -2.36. The van der Waals surface area contributed by atoms with Crippen molar-refractivity contribution in [2.45, 2.75) is 53.3 Å². The van der Waals surface area contributed by atoms with Crippen LogP contribution in [-0.4, -0.2) is 17.2 Å². The highest BCUT2D eigenvalue weighted by molar-refractivity contribution is 6.04. The number of nitrogens with one attached hydrogen (secondary N) is 1. The molecule has 0 aliphatic carbocycles. The first-order valence-corrected chi connectivity index (χ1v) is 8.24. The Hall–Kier alpha value is -2.75. The number of benzene rings is 1. The predicted octanol–water partition coefficient (Wildman–Crippen LogP) is 4.51. The van der Waals surface area contributed by atoms with E-state index in [0.717, 1.165) is 17.7 Å². The molecule has 0 saturated heterocycles. The molecule has 0 spiro atoms. The van der Waals surface area contributed by atoms with E-state index < -0.39 is 23.2 Å². The molecule has 1 amide bonds. The standard InChI is InChI=1S/C20H24F3N3O/c1-7-8-15-11-16(20(21,22)23)9-10-17(15)25-18(27)19(5,6)26-14(4)12(2)13(3)24/h9-11H,24H2,1-6H3,(H,25,27). The van der Waals surface area contributed by atoms with Gasteiger partial charge in [-0.3, -0.25) is 9.79 Å². The molecule has 0 radical (unpaired) electrons. The summed E-state index contributed by atoms with van der Waals surface area (Å²) in [7, 11) is 0. The molecule has 146 valence electrons. The number of aliphatic imine (C=N–C) groups is 1. The fourth-order valence-corrected chi connectivity index (χ4v) is 2.18. The zero-order chi connectivity index (χ0) is 21.0. The SMILES string of the molecule is CC#Cc1cc(C(F)(F)F)ccc1NC(=O)C(C)(C)N=C(C)C(C)=C(C)N. The van der Waals surface area contributed by atoms with Gasteiger partial charge in [0.25, 0.3) is 5.91 Å². The fraction of sp³-hybridized carbons (Fsp3) is 0.400. The van der Waals surface area contributed by atoms with Crippen molar-refractivity contribution >= 4 is 17.3 Å². The third kappa shape index (κ3) is 5.88. The number of anilines is 1. The molecule has 0 aliphatic rings. The Morgan fingerprint density at radius 2 is 1.78 bits per heavy atom. The number of rotatable bonds is 4. The van der Waals surface area contributed by atoms with E-state index in [-0.39, 0.29) is 11.3 Å². The molecule has 4 nitrogen and oxygen atoms in total. The number of halogens is 3. The Balaban J connectivity index is 3.23. The maximum absolute atomic E-state index is 12.9. The molecular formula is C20H24F3N3O. The van der Waals surface area contributed by atoms with Gasteiger partial charge in [0.05, 0.1) is 11.3 Å². The first-order chi connectivity index (χ1) is 12.3. The summed E-state index contributed by atoms with van der Waals surface area (Å²) in [6.45, 7) is 10.0. The van der Waals surface area contributed by atoms with E-state index in [4.69, 9.17) is 5.73 Å². The van der Waals surface area contributed by atoms with Crippen molar-refractivity contribution in [3.05, 3.63) is 40.6 Å². The van der Waals surface area contributed by atoms with E-state index >= 15 is 0 Å². The van der Waals surface area contributed by atoms with Crippen molar-refractivity contribution in [2.75, 3.05) is 5.32 Å². The summed E-state index contributed by atoms with van der Waals surface area (Å²) in [6.07, 6.45) is -4.49. The maximum Gasteiger partial charge on any atom is 0.416 e. The van der Waals surface area contributed by atoms with Crippen molar-refractivity contribution in [1.29, 1.82) is 0 Å². The molecule has 0 heterocycles. The van der Waals surface area contributed by atoms with Crippen LogP contribution in [0, 0.1) is 11.8 Å². The largest absolute Gasteiger partial charge is 0.416 e. The maximum atomic E-state index is 12.9. The molecule has 0 unspecified atom stereocenters. The number of nitrogens with two attached hydrogens (primary N) is 1. The van der Waals surface area contributed by atoms with Crippen LogP contribution in [0.5, 0.6) is 0 Å². The first kappa shape index (κ1) is 22.3. The monoisotopic (exact) mass is 379 g/mol. The van der Waals surface area contributed by atoms with Crippen LogP contribution < -0.4 is 11.1 Å². The summed E-state index contributed by atoms with van der Waals surface area (Å²) in [5, 5.41) is 2.62. The number of carbonyl (C=O) groups excluding carboxylic acids is 1. The van der Waals surface area contributed by atoms with Crippen LogP contribution in [0.4, 0.5) is 18.9 Å². The molecule has 0 aromatic heterocycles. The van der Waals surface area contributed by atoms with Gasteiger partial charge in [0.15, 0.2) is 0 Å². The van der Waals surface area contributed by atoms with Gasteiger partial charge in [0.2, 0.25) is 0 Å². The number of nitrogens with zero attached hydrogens (tertiary/aromatic N) is 1. The van der Waals surface area contributed by atoms with Crippen LogP contribution in [0.15, 0.2) is 34.5 Å². The van der Waals surface area contributed by atoms with Crippen LogP contribution in [0.3, 0.4) is 0 Å². The molecule has 7 heteroatoms. The van der Waals surface area contributed by atoms with Gasteiger partial charge in [-0.25, -0.2) is 0 Å². The van der Waals surface area contributed by atoms with Crippen LogP contribution in [-0.2, 0) is 11.0 Å². The molecule has 0 atom stereocenters. The zero-order valence-electron chi connectivity index (χ0n) is 16.3. The van der Waals surface area contributed by atoms with Crippen LogP contribution in [0.1, 0.15) is 52.7 Å². The number of allylic oxidation sites excluding steroid dienone is 2. The topological polar surface area (TPSA) is 67.5 Å². The summed E-state index contributed by atoms with van der Waals surface area (Å²) in [5.41, 5.74) is 6.02. The molecule has 0 saturated carbocycles. The minimum atomic E-state index is -4.49. The lowest BCUT2D eigenvalue weighted by molar-refractivity contribution is -0.137. The van der Waals surface area contributed by atoms with E-state index in [2.05, 4.69) is 22.2 Å². The Kier molecular flexibility index (Phi) is 6.85. The van der Waals surface area contributed by atoms with Crippen LogP contribution >= 0.6 is 0 Å². The third-order valence-corrected chi connectivity index (χ3v) is 3.99. The van der Waals surface area contributed by atoms with E-state index in [9.17, 15) is 18.0 Å².